The first-order valence-corrected chi connectivity index (χ1v) is 11.8. The van der Waals surface area contributed by atoms with Gasteiger partial charge in [-0.3, -0.25) is 19.7 Å². The summed E-state index contributed by atoms with van der Waals surface area (Å²) in [6.45, 7) is 4.00. The first-order valence-electron chi connectivity index (χ1n) is 11.8. The second-order valence-electron chi connectivity index (χ2n) is 8.80. The predicted molar refractivity (Wildman–Crippen MR) is 137 cm³/mol. The van der Waals surface area contributed by atoms with Crippen molar-refractivity contribution in [3.05, 3.63) is 95.9 Å². The number of benzene rings is 2. The minimum atomic E-state index is 0.0666. The molecule has 3 heterocycles. The van der Waals surface area contributed by atoms with Crippen LogP contribution >= 0.6 is 0 Å². The topological polar surface area (TPSA) is 70.6 Å². The predicted octanol–water partition coefficient (Wildman–Crippen LogP) is 3.78. The normalized spacial score (nSPS) is 14.0. The Morgan fingerprint density at radius 2 is 1.86 bits per heavy atom. The monoisotopic (exact) mass is 467 g/mol. The van der Waals surface area contributed by atoms with Gasteiger partial charge in [-0.15, -0.1) is 0 Å². The van der Waals surface area contributed by atoms with E-state index in [0.29, 0.717) is 26.2 Å². The van der Waals surface area contributed by atoms with Gasteiger partial charge in [0.25, 0.3) is 0 Å². The molecule has 2 aromatic heterocycles. The number of nitrogens with zero attached hydrogens (tertiary/aromatic N) is 4. The highest BCUT2D eigenvalue weighted by Gasteiger charge is 2.17. The maximum absolute atomic E-state index is 11.8. The highest BCUT2D eigenvalue weighted by atomic mass is 16.5. The van der Waals surface area contributed by atoms with Crippen molar-refractivity contribution < 1.29 is 9.53 Å². The molecule has 35 heavy (non-hydrogen) atoms. The van der Waals surface area contributed by atoms with Crippen LogP contribution in [-0.2, 0) is 24.4 Å². The molecule has 1 amide bonds. The average Bonchev–Trinajstić information content (AvgIpc) is 2.88. The Morgan fingerprint density at radius 1 is 0.971 bits per heavy atom. The van der Waals surface area contributed by atoms with Gasteiger partial charge in [-0.1, -0.05) is 30.3 Å². The van der Waals surface area contributed by atoms with Gasteiger partial charge in [-0.05, 0) is 47.5 Å². The Morgan fingerprint density at radius 3 is 2.71 bits per heavy atom. The molecule has 0 saturated carbocycles. The van der Waals surface area contributed by atoms with Crippen LogP contribution in [-0.4, -0.2) is 47.5 Å². The van der Waals surface area contributed by atoms with Crippen LogP contribution in [0.5, 0.6) is 5.75 Å². The van der Waals surface area contributed by atoms with Crippen molar-refractivity contribution in [2.24, 2.45) is 0 Å². The van der Waals surface area contributed by atoms with Crippen molar-refractivity contribution in [2.75, 3.05) is 31.6 Å². The largest absolute Gasteiger partial charge is 0.497 e. The van der Waals surface area contributed by atoms with Crippen molar-refractivity contribution in [3.8, 4) is 5.75 Å². The summed E-state index contributed by atoms with van der Waals surface area (Å²) in [7, 11) is 1.69. The van der Waals surface area contributed by atoms with Gasteiger partial charge in [-0.2, -0.15) is 0 Å². The van der Waals surface area contributed by atoms with Crippen LogP contribution in [0.1, 0.15) is 16.8 Å². The van der Waals surface area contributed by atoms with Crippen LogP contribution in [0.15, 0.2) is 79.1 Å². The maximum Gasteiger partial charge on any atom is 0.234 e. The summed E-state index contributed by atoms with van der Waals surface area (Å²) in [6, 6.07) is 22.8. The second kappa shape index (κ2) is 10.5. The number of hydrogen-bond acceptors (Lipinski definition) is 6. The number of ether oxygens (including phenoxy) is 1. The number of pyridine rings is 2. The fourth-order valence-corrected chi connectivity index (χ4v) is 4.46. The van der Waals surface area contributed by atoms with Crippen LogP contribution in [0.3, 0.4) is 0 Å². The number of hydrogen-bond donors (Lipinski definition) is 1. The molecule has 178 valence electrons. The standard InChI is InChI=1S/C28H29N5O2/c1-35-26-6-2-4-21(14-26)17-33(18-22-7-8-23-5-3-10-30-27(23)15-22)25-9-11-29-24(16-25)19-32-13-12-31-28(34)20-32/h2-11,14-16H,12-13,17-20H2,1H3,(H,31,34). The van der Waals surface area contributed by atoms with Crippen molar-refractivity contribution in [1.29, 1.82) is 0 Å². The molecular formula is C28H29N5O2. The van der Waals surface area contributed by atoms with E-state index in [1.165, 1.54) is 5.56 Å². The van der Waals surface area contributed by atoms with Crippen LogP contribution in [0.2, 0.25) is 0 Å². The molecule has 1 aliphatic heterocycles. The molecule has 7 heteroatoms. The molecule has 5 rings (SSSR count). The lowest BCUT2D eigenvalue weighted by Gasteiger charge is -2.28. The van der Waals surface area contributed by atoms with Gasteiger partial charge in [0.15, 0.2) is 0 Å². The first kappa shape index (κ1) is 22.8. The summed E-state index contributed by atoms with van der Waals surface area (Å²) in [5, 5.41) is 4.01. The van der Waals surface area contributed by atoms with Crippen LogP contribution in [0, 0.1) is 0 Å². The third kappa shape index (κ3) is 5.75. The van der Waals surface area contributed by atoms with E-state index in [4.69, 9.17) is 4.74 Å². The number of aromatic nitrogens is 2. The zero-order valence-electron chi connectivity index (χ0n) is 19.9. The molecule has 0 spiro atoms. The van der Waals surface area contributed by atoms with E-state index < -0.39 is 0 Å². The fraction of sp³-hybridized carbons (Fsp3) is 0.250. The van der Waals surface area contributed by atoms with Crippen molar-refractivity contribution in [3.63, 3.8) is 0 Å². The van der Waals surface area contributed by atoms with E-state index in [0.717, 1.165) is 46.7 Å². The van der Waals surface area contributed by atoms with E-state index in [9.17, 15) is 4.79 Å². The minimum absolute atomic E-state index is 0.0666. The lowest BCUT2D eigenvalue weighted by Crippen LogP contribution is -2.47. The Balaban J connectivity index is 1.43. The van der Waals surface area contributed by atoms with Gasteiger partial charge in [0.2, 0.25) is 5.91 Å². The van der Waals surface area contributed by atoms with E-state index in [-0.39, 0.29) is 5.91 Å². The summed E-state index contributed by atoms with van der Waals surface area (Å²) in [4.78, 5) is 25.4. The molecule has 0 bridgehead atoms. The SMILES string of the molecule is COc1cccc(CN(Cc2ccc3cccnc3c2)c2ccnc(CN3CCNC(=O)C3)c2)c1. The number of carbonyl (C=O) groups is 1. The molecular weight excluding hydrogens is 438 g/mol. The fourth-order valence-electron chi connectivity index (χ4n) is 4.46. The lowest BCUT2D eigenvalue weighted by atomic mass is 10.1. The molecule has 7 nitrogen and oxygen atoms in total. The molecule has 1 aliphatic rings. The molecule has 0 atom stereocenters. The Kier molecular flexibility index (Phi) is 6.86. The Hall–Kier alpha value is -3.97. The molecule has 4 aromatic rings. The van der Waals surface area contributed by atoms with Gasteiger partial charge < -0.3 is 15.0 Å². The average molecular weight is 468 g/mol. The number of carbonyl (C=O) groups excluding carboxylic acids is 1. The third-order valence-electron chi connectivity index (χ3n) is 6.22. The molecule has 0 aliphatic carbocycles. The number of methoxy groups -OCH3 is 1. The number of rotatable bonds is 8. The van der Waals surface area contributed by atoms with Crippen LogP contribution in [0.4, 0.5) is 5.69 Å². The number of anilines is 1. The molecule has 1 fully saturated rings. The summed E-state index contributed by atoms with van der Waals surface area (Å²) in [5.74, 6) is 0.910. The lowest BCUT2D eigenvalue weighted by molar-refractivity contribution is -0.124. The van der Waals surface area contributed by atoms with Gasteiger partial charge in [-0.25, -0.2) is 0 Å². The minimum Gasteiger partial charge on any atom is -0.497 e. The molecule has 1 N–H and O–H groups in total. The number of piperazine rings is 1. The zero-order chi connectivity index (χ0) is 24.0. The second-order valence-corrected chi connectivity index (χ2v) is 8.80. The summed E-state index contributed by atoms with van der Waals surface area (Å²) in [6.07, 6.45) is 3.69. The highest BCUT2D eigenvalue weighted by Crippen LogP contribution is 2.24. The maximum atomic E-state index is 11.8. The summed E-state index contributed by atoms with van der Waals surface area (Å²) >= 11 is 0. The van der Waals surface area contributed by atoms with Crippen LogP contribution in [0.25, 0.3) is 10.9 Å². The van der Waals surface area contributed by atoms with Gasteiger partial charge in [0.05, 0.1) is 24.9 Å². The molecule has 2 aromatic carbocycles. The van der Waals surface area contributed by atoms with E-state index in [1.807, 2.05) is 36.7 Å². The van der Waals surface area contributed by atoms with Crippen LogP contribution < -0.4 is 15.0 Å². The van der Waals surface area contributed by atoms with Gasteiger partial charge in [0, 0.05) is 56.2 Å². The summed E-state index contributed by atoms with van der Waals surface area (Å²) in [5.41, 5.74) is 5.37. The Bertz CT molecular complexity index is 1330. The smallest absolute Gasteiger partial charge is 0.234 e. The third-order valence-corrected chi connectivity index (χ3v) is 6.22. The number of amides is 1. The zero-order valence-corrected chi connectivity index (χ0v) is 19.9. The van der Waals surface area contributed by atoms with Crippen molar-refractivity contribution in [2.45, 2.75) is 19.6 Å². The summed E-state index contributed by atoms with van der Waals surface area (Å²) < 4.78 is 5.45. The van der Waals surface area contributed by atoms with E-state index >= 15 is 0 Å². The van der Waals surface area contributed by atoms with E-state index in [2.05, 4.69) is 67.5 Å². The highest BCUT2D eigenvalue weighted by molar-refractivity contribution is 5.79. The van der Waals surface area contributed by atoms with Gasteiger partial charge in [0.1, 0.15) is 5.75 Å². The molecule has 1 saturated heterocycles. The van der Waals surface area contributed by atoms with Crippen molar-refractivity contribution >= 4 is 22.5 Å². The Labute approximate surface area is 205 Å². The first-order chi connectivity index (χ1) is 17.2. The van der Waals surface area contributed by atoms with Gasteiger partial charge >= 0.3 is 0 Å². The van der Waals surface area contributed by atoms with E-state index in [1.54, 1.807) is 7.11 Å². The van der Waals surface area contributed by atoms with Crippen molar-refractivity contribution in [1.82, 2.24) is 20.2 Å². The quantitative estimate of drug-likeness (QED) is 0.425. The number of fused-ring (bicyclic) bond motifs is 1. The molecule has 0 unspecified atom stereocenters. The number of nitrogens with one attached hydrogen (secondary N) is 1. The molecule has 0 radical (unpaired) electrons.